The molecule has 41 heavy (non-hydrogen) atoms. The maximum absolute atomic E-state index is 14.1. The SMILES string of the molecule is COc1ccc(CN(Cc2ccc(OC)cc2)S(=O)(=O)[C@H](C)[C@@H](C)[C@H]2C=C(C(OC(C)=O)[C@@H]3CC[C@H]3C=O)C2)cc1. The van der Waals surface area contributed by atoms with Crippen molar-refractivity contribution in [2.45, 2.75) is 64.5 Å². The van der Waals surface area contributed by atoms with Crippen molar-refractivity contribution in [3.63, 3.8) is 0 Å². The summed E-state index contributed by atoms with van der Waals surface area (Å²) in [5.74, 6) is 0.825. The van der Waals surface area contributed by atoms with Crippen LogP contribution in [0.1, 0.15) is 51.2 Å². The average molecular weight is 584 g/mol. The van der Waals surface area contributed by atoms with Gasteiger partial charge in [0.25, 0.3) is 0 Å². The van der Waals surface area contributed by atoms with Crippen LogP contribution in [0.5, 0.6) is 11.5 Å². The Morgan fingerprint density at radius 2 is 1.46 bits per heavy atom. The standard InChI is InChI=1S/C32H41NO7S/c1-21(27-16-28(17-27)32(40-23(3)35)31-15-10-26(31)20-34)22(2)41(36,37)33(18-24-6-11-29(38-4)12-7-24)19-25-8-13-30(39-5)14-9-25/h6-9,11-14,16,20-22,26-27,31-32H,10,15,17-19H2,1-5H3/t21-,22-,26+,27+,31-,32?/m1/s1. The van der Waals surface area contributed by atoms with E-state index >= 15 is 0 Å². The van der Waals surface area contributed by atoms with Crippen LogP contribution in [0, 0.1) is 23.7 Å². The lowest BCUT2D eigenvalue weighted by molar-refractivity contribution is -0.152. The lowest BCUT2D eigenvalue weighted by Crippen LogP contribution is -2.45. The second kappa shape index (κ2) is 13.2. The average Bonchev–Trinajstić information content (AvgIpc) is 2.91. The first-order valence-corrected chi connectivity index (χ1v) is 15.7. The number of sulfonamides is 1. The molecule has 1 fully saturated rings. The minimum absolute atomic E-state index is 0.00421. The molecule has 6 atom stereocenters. The predicted molar refractivity (Wildman–Crippen MR) is 157 cm³/mol. The van der Waals surface area contributed by atoms with Crippen LogP contribution in [-0.4, -0.2) is 50.6 Å². The molecular formula is C32H41NO7S. The zero-order valence-corrected chi connectivity index (χ0v) is 25.3. The molecule has 0 bridgehead atoms. The number of nitrogens with zero attached hydrogens (tertiary/aromatic N) is 1. The second-order valence-electron chi connectivity index (χ2n) is 11.3. The molecule has 0 radical (unpaired) electrons. The summed E-state index contributed by atoms with van der Waals surface area (Å²) in [5.41, 5.74) is 2.72. The summed E-state index contributed by atoms with van der Waals surface area (Å²) < 4.78 is 46.0. The molecule has 0 N–H and O–H groups in total. The van der Waals surface area contributed by atoms with Crippen molar-refractivity contribution in [3.8, 4) is 11.5 Å². The molecule has 0 spiro atoms. The normalized spacial score (nSPS) is 22.4. The van der Waals surface area contributed by atoms with E-state index in [9.17, 15) is 18.0 Å². The van der Waals surface area contributed by atoms with Gasteiger partial charge in [0.15, 0.2) is 0 Å². The number of hydrogen-bond donors (Lipinski definition) is 0. The molecule has 0 aliphatic heterocycles. The van der Waals surface area contributed by atoms with Crippen LogP contribution in [0.4, 0.5) is 0 Å². The first kappa shape index (κ1) is 30.8. The highest BCUT2D eigenvalue weighted by molar-refractivity contribution is 7.89. The quantitative estimate of drug-likeness (QED) is 0.172. The first-order valence-electron chi connectivity index (χ1n) is 14.1. The van der Waals surface area contributed by atoms with Crippen LogP contribution in [0.15, 0.2) is 60.2 Å². The predicted octanol–water partition coefficient (Wildman–Crippen LogP) is 5.16. The largest absolute Gasteiger partial charge is 0.497 e. The molecule has 2 aromatic carbocycles. The van der Waals surface area contributed by atoms with E-state index < -0.39 is 21.4 Å². The highest BCUT2D eigenvalue weighted by Gasteiger charge is 2.45. The van der Waals surface area contributed by atoms with Crippen LogP contribution in [-0.2, 0) is 37.4 Å². The van der Waals surface area contributed by atoms with Crippen molar-refractivity contribution in [1.29, 1.82) is 0 Å². The molecule has 2 aromatic rings. The lowest BCUT2D eigenvalue weighted by Gasteiger charge is -2.44. The van der Waals surface area contributed by atoms with Gasteiger partial charge in [0.2, 0.25) is 10.0 Å². The molecule has 9 heteroatoms. The van der Waals surface area contributed by atoms with Gasteiger partial charge in [0.1, 0.15) is 23.9 Å². The highest BCUT2D eigenvalue weighted by atomic mass is 32.2. The summed E-state index contributed by atoms with van der Waals surface area (Å²) in [5, 5.41) is -0.652. The van der Waals surface area contributed by atoms with E-state index in [4.69, 9.17) is 14.2 Å². The van der Waals surface area contributed by atoms with Crippen molar-refractivity contribution in [2.75, 3.05) is 14.2 Å². The Morgan fingerprint density at radius 3 is 1.85 bits per heavy atom. The minimum atomic E-state index is -3.72. The summed E-state index contributed by atoms with van der Waals surface area (Å²) in [4.78, 5) is 23.2. The van der Waals surface area contributed by atoms with Crippen molar-refractivity contribution in [3.05, 3.63) is 71.3 Å². The number of carbonyl (C=O) groups is 2. The Balaban J connectivity index is 1.53. The Labute approximate surface area is 243 Å². The zero-order valence-electron chi connectivity index (χ0n) is 24.5. The van der Waals surface area contributed by atoms with E-state index in [2.05, 4.69) is 6.08 Å². The Morgan fingerprint density at radius 1 is 0.951 bits per heavy atom. The monoisotopic (exact) mass is 583 g/mol. The molecule has 0 aromatic heterocycles. The van der Waals surface area contributed by atoms with Crippen molar-refractivity contribution in [2.24, 2.45) is 23.7 Å². The molecule has 0 heterocycles. The van der Waals surface area contributed by atoms with Crippen LogP contribution >= 0.6 is 0 Å². The van der Waals surface area contributed by atoms with Crippen molar-refractivity contribution < 1.29 is 32.2 Å². The highest BCUT2D eigenvalue weighted by Crippen LogP contribution is 2.46. The maximum Gasteiger partial charge on any atom is 0.303 e. The fourth-order valence-corrected chi connectivity index (χ4v) is 7.61. The third-order valence-corrected chi connectivity index (χ3v) is 11.1. The number of esters is 1. The van der Waals surface area contributed by atoms with E-state index in [1.54, 1.807) is 25.4 Å². The van der Waals surface area contributed by atoms with Gasteiger partial charge in [-0.25, -0.2) is 8.42 Å². The van der Waals surface area contributed by atoms with Gasteiger partial charge in [-0.2, -0.15) is 4.31 Å². The molecule has 0 saturated heterocycles. The van der Waals surface area contributed by atoms with Gasteiger partial charge in [0, 0.05) is 31.8 Å². The zero-order chi connectivity index (χ0) is 29.7. The maximum atomic E-state index is 14.1. The van der Waals surface area contributed by atoms with E-state index in [1.807, 2.05) is 55.5 Å². The Hall–Kier alpha value is -3.17. The topological polar surface area (TPSA) is 99.2 Å². The van der Waals surface area contributed by atoms with Crippen LogP contribution in [0.2, 0.25) is 0 Å². The summed E-state index contributed by atoms with van der Waals surface area (Å²) >= 11 is 0. The van der Waals surface area contributed by atoms with Gasteiger partial charge < -0.3 is 19.0 Å². The van der Waals surface area contributed by atoms with Crippen LogP contribution in [0.25, 0.3) is 0 Å². The lowest BCUT2D eigenvalue weighted by atomic mass is 9.65. The molecule has 1 unspecified atom stereocenters. The number of allylic oxidation sites excluding steroid dienone is 1. The van der Waals surface area contributed by atoms with E-state index in [1.165, 1.54) is 6.92 Å². The minimum Gasteiger partial charge on any atom is -0.497 e. The fraction of sp³-hybridized carbons (Fsp3) is 0.500. The molecule has 0 amide bonds. The van der Waals surface area contributed by atoms with Gasteiger partial charge >= 0.3 is 5.97 Å². The summed E-state index contributed by atoms with van der Waals surface area (Å²) in [7, 11) is -0.524. The Kier molecular flexibility index (Phi) is 9.92. The number of benzene rings is 2. The first-order chi connectivity index (χ1) is 19.6. The third-order valence-electron chi connectivity index (χ3n) is 8.79. The van der Waals surface area contributed by atoms with Crippen LogP contribution < -0.4 is 9.47 Å². The molecule has 1 saturated carbocycles. The number of methoxy groups -OCH3 is 2. The number of ether oxygens (including phenoxy) is 3. The molecule has 8 nitrogen and oxygen atoms in total. The second-order valence-corrected chi connectivity index (χ2v) is 13.5. The number of hydrogen-bond acceptors (Lipinski definition) is 7. The van der Waals surface area contributed by atoms with Gasteiger partial charge in [-0.15, -0.1) is 0 Å². The van der Waals surface area contributed by atoms with Crippen LogP contribution in [0.3, 0.4) is 0 Å². The van der Waals surface area contributed by atoms with Gasteiger partial charge in [-0.1, -0.05) is 37.3 Å². The molecule has 222 valence electrons. The smallest absolute Gasteiger partial charge is 0.303 e. The summed E-state index contributed by atoms with van der Waals surface area (Å²) in [6.45, 7) is 5.58. The van der Waals surface area contributed by atoms with Gasteiger partial charge in [-0.05, 0) is 79.0 Å². The van der Waals surface area contributed by atoms with E-state index in [0.717, 1.165) is 35.8 Å². The molecule has 4 rings (SSSR count). The Bertz CT molecular complexity index is 1290. The van der Waals surface area contributed by atoms with E-state index in [0.29, 0.717) is 17.9 Å². The van der Waals surface area contributed by atoms with Gasteiger partial charge in [0.05, 0.1) is 19.5 Å². The number of aldehydes is 1. The molecule has 2 aliphatic rings. The number of rotatable bonds is 14. The van der Waals surface area contributed by atoms with E-state index in [-0.39, 0.29) is 42.7 Å². The molecule has 2 aliphatic carbocycles. The van der Waals surface area contributed by atoms with Gasteiger partial charge in [-0.3, -0.25) is 4.79 Å². The summed E-state index contributed by atoms with van der Waals surface area (Å²) in [6, 6.07) is 14.8. The molecular weight excluding hydrogens is 542 g/mol. The van der Waals surface area contributed by atoms with Crippen molar-refractivity contribution in [1.82, 2.24) is 4.31 Å². The fourth-order valence-electron chi connectivity index (χ4n) is 5.74. The number of carbonyl (C=O) groups excluding carboxylic acids is 2. The third kappa shape index (κ3) is 7.01. The van der Waals surface area contributed by atoms with Crippen molar-refractivity contribution >= 4 is 22.3 Å². The summed E-state index contributed by atoms with van der Waals surface area (Å²) in [6.07, 6.45) is 4.91.